The van der Waals surface area contributed by atoms with Gasteiger partial charge in [0.25, 0.3) is 0 Å². The van der Waals surface area contributed by atoms with Gasteiger partial charge in [-0.05, 0) is 6.07 Å². The Balaban J connectivity index is 1.65. The maximum atomic E-state index is 11.5. The van der Waals surface area contributed by atoms with Gasteiger partial charge in [-0.15, -0.1) is 11.6 Å². The van der Waals surface area contributed by atoms with Gasteiger partial charge in [0.1, 0.15) is 11.6 Å². The van der Waals surface area contributed by atoms with Gasteiger partial charge >= 0.3 is 0 Å². The predicted molar refractivity (Wildman–Crippen MR) is 76.8 cm³/mol. The van der Waals surface area contributed by atoms with Crippen molar-refractivity contribution in [2.45, 2.75) is 6.54 Å². The summed E-state index contributed by atoms with van der Waals surface area (Å²) >= 11 is 5.57. The van der Waals surface area contributed by atoms with Crippen LogP contribution in [-0.4, -0.2) is 59.7 Å². The minimum Gasteiger partial charge on any atom is -0.508 e. The number of amides is 1. The Bertz CT molecular complexity index is 544. The van der Waals surface area contributed by atoms with Crippen LogP contribution in [0.2, 0.25) is 0 Å². The first-order valence-electron chi connectivity index (χ1n) is 6.85. The third kappa shape index (κ3) is 3.01. The molecule has 2 aliphatic heterocycles. The Labute approximate surface area is 127 Å². The summed E-state index contributed by atoms with van der Waals surface area (Å²) in [6, 6.07) is 3.26. The van der Waals surface area contributed by atoms with E-state index in [1.54, 1.807) is 17.0 Å². The number of carbonyl (C=O) groups is 1. The number of benzene rings is 1. The molecule has 0 unspecified atom stereocenters. The largest absolute Gasteiger partial charge is 0.508 e. The molecular weight excluding hydrogens is 296 g/mol. The van der Waals surface area contributed by atoms with E-state index in [-0.39, 0.29) is 24.3 Å². The number of aromatic hydroxyl groups is 1. The average Bonchev–Trinajstić information content (AvgIpc) is 2.95. The highest BCUT2D eigenvalue weighted by Crippen LogP contribution is 2.39. The average molecular weight is 313 g/mol. The molecule has 7 heteroatoms. The van der Waals surface area contributed by atoms with Crippen molar-refractivity contribution >= 4 is 17.5 Å². The van der Waals surface area contributed by atoms with Crippen LogP contribution >= 0.6 is 11.6 Å². The quantitative estimate of drug-likeness (QED) is 0.844. The molecule has 6 nitrogen and oxygen atoms in total. The number of nitrogens with zero attached hydrogens (tertiary/aromatic N) is 2. The Morgan fingerprint density at radius 1 is 1.24 bits per heavy atom. The van der Waals surface area contributed by atoms with E-state index in [0.29, 0.717) is 31.1 Å². The highest BCUT2D eigenvalue weighted by Gasteiger charge is 2.24. The number of hydrogen-bond donors (Lipinski definition) is 1. The summed E-state index contributed by atoms with van der Waals surface area (Å²) in [7, 11) is 0. The van der Waals surface area contributed by atoms with E-state index in [9.17, 15) is 9.90 Å². The summed E-state index contributed by atoms with van der Waals surface area (Å²) in [5, 5.41) is 9.73. The number of halogens is 1. The third-order valence-electron chi connectivity index (χ3n) is 3.77. The van der Waals surface area contributed by atoms with Gasteiger partial charge in [-0.1, -0.05) is 0 Å². The lowest BCUT2D eigenvalue weighted by Crippen LogP contribution is -2.48. The maximum Gasteiger partial charge on any atom is 0.237 e. The van der Waals surface area contributed by atoms with E-state index >= 15 is 0 Å². The number of fused-ring (bicyclic) bond motifs is 1. The number of piperazine rings is 1. The SMILES string of the molecule is O=C(CCl)N1CCN(Cc2cc(O)cc3c2OCO3)CC1. The highest BCUT2D eigenvalue weighted by molar-refractivity contribution is 6.27. The first kappa shape index (κ1) is 14.3. The summed E-state index contributed by atoms with van der Waals surface area (Å²) in [5.41, 5.74) is 0.902. The van der Waals surface area contributed by atoms with Crippen molar-refractivity contribution in [3.8, 4) is 17.2 Å². The van der Waals surface area contributed by atoms with Gasteiger partial charge in [-0.2, -0.15) is 0 Å². The fourth-order valence-electron chi connectivity index (χ4n) is 2.66. The number of ether oxygens (including phenoxy) is 2. The molecule has 0 bridgehead atoms. The number of alkyl halides is 1. The summed E-state index contributed by atoms with van der Waals surface area (Å²) in [4.78, 5) is 15.5. The smallest absolute Gasteiger partial charge is 0.237 e. The lowest BCUT2D eigenvalue weighted by atomic mass is 10.1. The Morgan fingerprint density at radius 2 is 2.00 bits per heavy atom. The zero-order valence-electron chi connectivity index (χ0n) is 11.5. The zero-order chi connectivity index (χ0) is 14.8. The minimum atomic E-state index is -0.0219. The van der Waals surface area contributed by atoms with Crippen molar-refractivity contribution in [2.75, 3.05) is 38.9 Å². The number of rotatable bonds is 3. The molecule has 0 saturated carbocycles. The molecule has 0 spiro atoms. The maximum absolute atomic E-state index is 11.5. The Kier molecular flexibility index (Phi) is 4.07. The molecule has 1 saturated heterocycles. The van der Waals surface area contributed by atoms with Crippen LogP contribution in [0.1, 0.15) is 5.56 Å². The topological polar surface area (TPSA) is 62.2 Å². The van der Waals surface area contributed by atoms with Crippen LogP contribution in [0.5, 0.6) is 17.2 Å². The molecular formula is C14H17ClN2O4. The monoisotopic (exact) mass is 312 g/mol. The molecule has 0 atom stereocenters. The fraction of sp³-hybridized carbons (Fsp3) is 0.500. The molecule has 114 valence electrons. The first-order valence-corrected chi connectivity index (χ1v) is 7.38. The number of carbonyl (C=O) groups excluding carboxylic acids is 1. The second-order valence-corrected chi connectivity index (χ2v) is 5.40. The molecule has 1 aromatic carbocycles. The molecule has 1 N–H and O–H groups in total. The van der Waals surface area contributed by atoms with Crippen LogP contribution in [0.25, 0.3) is 0 Å². The van der Waals surface area contributed by atoms with Gasteiger partial charge in [0.15, 0.2) is 11.5 Å². The molecule has 0 aliphatic carbocycles. The van der Waals surface area contributed by atoms with Crippen molar-refractivity contribution in [3.63, 3.8) is 0 Å². The Morgan fingerprint density at radius 3 is 2.71 bits per heavy atom. The summed E-state index contributed by atoms with van der Waals surface area (Å²) < 4.78 is 10.8. The van der Waals surface area contributed by atoms with E-state index in [2.05, 4.69) is 4.90 Å². The molecule has 1 amide bonds. The second kappa shape index (κ2) is 5.99. The van der Waals surface area contributed by atoms with E-state index < -0.39 is 0 Å². The molecule has 3 rings (SSSR count). The van der Waals surface area contributed by atoms with E-state index in [4.69, 9.17) is 21.1 Å². The normalized spacial score (nSPS) is 18.0. The number of phenols is 1. The van der Waals surface area contributed by atoms with Gasteiger partial charge in [0, 0.05) is 44.4 Å². The van der Waals surface area contributed by atoms with Gasteiger partial charge in [0.2, 0.25) is 12.7 Å². The minimum absolute atomic E-state index is 0.0219. The van der Waals surface area contributed by atoms with Crippen LogP contribution in [0, 0.1) is 0 Å². The number of hydrogen-bond acceptors (Lipinski definition) is 5. The molecule has 0 radical (unpaired) electrons. The van der Waals surface area contributed by atoms with Crippen molar-refractivity contribution in [3.05, 3.63) is 17.7 Å². The van der Waals surface area contributed by atoms with Crippen molar-refractivity contribution in [1.82, 2.24) is 9.80 Å². The van der Waals surface area contributed by atoms with Crippen LogP contribution in [-0.2, 0) is 11.3 Å². The summed E-state index contributed by atoms with van der Waals surface area (Å²) in [6.07, 6.45) is 0. The lowest BCUT2D eigenvalue weighted by Gasteiger charge is -2.34. The Hall–Kier alpha value is -1.66. The van der Waals surface area contributed by atoms with Crippen LogP contribution < -0.4 is 9.47 Å². The summed E-state index contributed by atoms with van der Waals surface area (Å²) in [5.74, 6) is 1.47. The van der Waals surface area contributed by atoms with E-state index in [1.807, 2.05) is 0 Å². The van der Waals surface area contributed by atoms with E-state index in [0.717, 1.165) is 18.7 Å². The number of phenolic OH excluding ortho intramolecular Hbond substituents is 1. The van der Waals surface area contributed by atoms with Crippen molar-refractivity contribution < 1.29 is 19.4 Å². The molecule has 1 fully saturated rings. The summed E-state index contributed by atoms with van der Waals surface area (Å²) in [6.45, 7) is 3.72. The lowest BCUT2D eigenvalue weighted by molar-refractivity contribution is -0.130. The zero-order valence-corrected chi connectivity index (χ0v) is 12.3. The molecule has 21 heavy (non-hydrogen) atoms. The van der Waals surface area contributed by atoms with Crippen molar-refractivity contribution in [1.29, 1.82) is 0 Å². The molecule has 2 heterocycles. The van der Waals surface area contributed by atoms with E-state index in [1.165, 1.54) is 0 Å². The van der Waals surface area contributed by atoms with Gasteiger partial charge in [0.05, 0.1) is 0 Å². The third-order valence-corrected chi connectivity index (χ3v) is 4.00. The van der Waals surface area contributed by atoms with Crippen LogP contribution in [0.4, 0.5) is 0 Å². The van der Waals surface area contributed by atoms with Gasteiger partial charge in [-0.3, -0.25) is 9.69 Å². The van der Waals surface area contributed by atoms with Crippen LogP contribution in [0.3, 0.4) is 0 Å². The van der Waals surface area contributed by atoms with Crippen molar-refractivity contribution in [2.24, 2.45) is 0 Å². The van der Waals surface area contributed by atoms with Gasteiger partial charge in [-0.25, -0.2) is 0 Å². The highest BCUT2D eigenvalue weighted by atomic mass is 35.5. The second-order valence-electron chi connectivity index (χ2n) is 5.13. The van der Waals surface area contributed by atoms with Gasteiger partial charge < -0.3 is 19.5 Å². The molecule has 1 aromatic rings. The van der Waals surface area contributed by atoms with Crippen LogP contribution in [0.15, 0.2) is 12.1 Å². The fourth-order valence-corrected chi connectivity index (χ4v) is 2.83. The predicted octanol–water partition coefficient (Wildman–Crippen LogP) is 1.00. The standard InChI is InChI=1S/C14H17ClN2O4/c15-7-13(19)17-3-1-16(2-4-17)8-10-5-11(18)6-12-14(10)21-9-20-12/h5-6,18H,1-4,7-9H2. The first-order chi connectivity index (χ1) is 10.2. The molecule has 0 aromatic heterocycles. The molecule has 2 aliphatic rings.